The van der Waals surface area contributed by atoms with Gasteiger partial charge >= 0.3 is 0 Å². The van der Waals surface area contributed by atoms with Gasteiger partial charge in [-0.05, 0) is 5.56 Å². The van der Waals surface area contributed by atoms with Crippen LogP contribution in [0, 0.1) is 0 Å². The number of ether oxygens (including phenoxy) is 1. The Morgan fingerprint density at radius 2 is 2.14 bits per heavy atom. The van der Waals surface area contributed by atoms with E-state index in [1.165, 1.54) is 0 Å². The number of aliphatic hydroxyl groups is 1. The molecule has 1 aliphatic heterocycles. The highest BCUT2D eigenvalue weighted by atomic mass is 19.1. The zero-order valence-electron chi connectivity index (χ0n) is 7.82. The Balaban J connectivity index is 2.38. The van der Waals surface area contributed by atoms with Crippen LogP contribution in [-0.2, 0) is 10.3 Å². The Labute approximate surface area is 82.3 Å². The van der Waals surface area contributed by atoms with E-state index in [2.05, 4.69) is 0 Å². The van der Waals surface area contributed by atoms with Crippen LogP contribution in [0.15, 0.2) is 30.3 Å². The molecule has 0 radical (unpaired) electrons. The summed E-state index contributed by atoms with van der Waals surface area (Å²) in [4.78, 5) is 0. The van der Waals surface area contributed by atoms with E-state index in [9.17, 15) is 9.50 Å². The maximum atomic E-state index is 13.6. The van der Waals surface area contributed by atoms with Gasteiger partial charge in [0.25, 0.3) is 0 Å². The number of aliphatic hydroxyl groups excluding tert-OH is 1. The van der Waals surface area contributed by atoms with Crippen LogP contribution < -0.4 is 0 Å². The average molecular weight is 196 g/mol. The minimum absolute atomic E-state index is 0.307. The fraction of sp³-hybridized carbons (Fsp3) is 0.455. The van der Waals surface area contributed by atoms with Crippen molar-refractivity contribution in [2.75, 3.05) is 13.2 Å². The predicted molar refractivity (Wildman–Crippen MR) is 50.7 cm³/mol. The number of halogens is 1. The molecule has 0 saturated carbocycles. The molecule has 1 aromatic carbocycles. The summed E-state index contributed by atoms with van der Waals surface area (Å²) in [5, 5.41) is 9.28. The van der Waals surface area contributed by atoms with Crippen molar-refractivity contribution in [1.82, 2.24) is 0 Å². The zero-order chi connectivity index (χ0) is 10.0. The van der Waals surface area contributed by atoms with E-state index in [0.29, 0.717) is 18.6 Å². The van der Waals surface area contributed by atoms with Gasteiger partial charge in [0, 0.05) is 6.42 Å². The molecule has 1 aliphatic rings. The second kappa shape index (κ2) is 3.67. The fourth-order valence-electron chi connectivity index (χ4n) is 1.89. The molecule has 1 N–H and O–H groups in total. The third kappa shape index (κ3) is 1.33. The second-order valence-corrected chi connectivity index (χ2v) is 3.52. The SMILES string of the molecule is OC[C@]1(c2ccccc2)OCC[C@@H]1F. The van der Waals surface area contributed by atoms with E-state index in [-0.39, 0.29) is 6.61 Å². The third-order valence-corrected chi connectivity index (χ3v) is 2.73. The average Bonchev–Trinajstić information content (AvgIpc) is 2.62. The first kappa shape index (κ1) is 9.62. The summed E-state index contributed by atoms with van der Waals surface area (Å²) in [6, 6.07) is 9.07. The normalized spacial score (nSPS) is 32.0. The van der Waals surface area contributed by atoms with Crippen molar-refractivity contribution in [3.05, 3.63) is 35.9 Å². The first-order valence-corrected chi connectivity index (χ1v) is 4.74. The van der Waals surface area contributed by atoms with Gasteiger partial charge in [0.15, 0.2) is 0 Å². The number of hydrogen-bond donors (Lipinski definition) is 1. The van der Waals surface area contributed by atoms with Crippen molar-refractivity contribution < 1.29 is 14.2 Å². The summed E-state index contributed by atoms with van der Waals surface area (Å²) in [7, 11) is 0. The van der Waals surface area contributed by atoms with Crippen LogP contribution in [0.1, 0.15) is 12.0 Å². The molecule has 3 heteroatoms. The molecule has 1 saturated heterocycles. The molecule has 2 rings (SSSR count). The zero-order valence-corrected chi connectivity index (χ0v) is 7.82. The maximum Gasteiger partial charge on any atom is 0.147 e. The highest BCUT2D eigenvalue weighted by Crippen LogP contribution is 2.37. The molecule has 14 heavy (non-hydrogen) atoms. The first-order chi connectivity index (χ1) is 6.79. The molecule has 1 aromatic rings. The van der Waals surface area contributed by atoms with Crippen molar-refractivity contribution in [1.29, 1.82) is 0 Å². The van der Waals surface area contributed by atoms with Crippen LogP contribution in [0.5, 0.6) is 0 Å². The van der Waals surface area contributed by atoms with Crippen LogP contribution >= 0.6 is 0 Å². The van der Waals surface area contributed by atoms with Crippen molar-refractivity contribution in [3.63, 3.8) is 0 Å². The number of hydrogen-bond acceptors (Lipinski definition) is 2. The van der Waals surface area contributed by atoms with Crippen LogP contribution in [0.2, 0.25) is 0 Å². The van der Waals surface area contributed by atoms with Gasteiger partial charge < -0.3 is 9.84 Å². The number of rotatable bonds is 2. The molecular formula is C11H13FO2. The topological polar surface area (TPSA) is 29.5 Å². The smallest absolute Gasteiger partial charge is 0.147 e. The lowest BCUT2D eigenvalue weighted by molar-refractivity contribution is -0.0743. The van der Waals surface area contributed by atoms with Gasteiger partial charge in [-0.1, -0.05) is 30.3 Å². The maximum absolute atomic E-state index is 13.6. The summed E-state index contributed by atoms with van der Waals surface area (Å²) in [5.74, 6) is 0. The van der Waals surface area contributed by atoms with Crippen molar-refractivity contribution >= 4 is 0 Å². The van der Waals surface area contributed by atoms with E-state index < -0.39 is 11.8 Å². The molecule has 76 valence electrons. The van der Waals surface area contributed by atoms with E-state index in [1.807, 2.05) is 18.2 Å². The van der Waals surface area contributed by atoms with Crippen LogP contribution in [0.4, 0.5) is 4.39 Å². The summed E-state index contributed by atoms with van der Waals surface area (Å²) < 4.78 is 19.0. The van der Waals surface area contributed by atoms with Gasteiger partial charge in [0.2, 0.25) is 0 Å². The number of alkyl halides is 1. The largest absolute Gasteiger partial charge is 0.393 e. The molecule has 2 nitrogen and oxygen atoms in total. The van der Waals surface area contributed by atoms with Crippen LogP contribution in [0.25, 0.3) is 0 Å². The highest BCUT2D eigenvalue weighted by molar-refractivity contribution is 5.25. The lowest BCUT2D eigenvalue weighted by Crippen LogP contribution is -2.37. The van der Waals surface area contributed by atoms with Gasteiger partial charge in [-0.15, -0.1) is 0 Å². The predicted octanol–water partition coefficient (Wildman–Crippen LogP) is 1.63. The lowest BCUT2D eigenvalue weighted by atomic mass is 9.90. The Hall–Kier alpha value is -0.930. The Morgan fingerprint density at radius 3 is 2.64 bits per heavy atom. The molecule has 2 atom stereocenters. The highest BCUT2D eigenvalue weighted by Gasteiger charge is 2.45. The molecule has 0 bridgehead atoms. The van der Waals surface area contributed by atoms with Crippen molar-refractivity contribution in [2.24, 2.45) is 0 Å². The van der Waals surface area contributed by atoms with E-state index in [0.717, 1.165) is 0 Å². The summed E-state index contributed by atoms with van der Waals surface area (Å²) in [6.07, 6.45) is -0.759. The third-order valence-electron chi connectivity index (χ3n) is 2.73. The Bertz CT molecular complexity index is 301. The molecule has 0 unspecified atom stereocenters. The van der Waals surface area contributed by atoms with Gasteiger partial charge in [0.05, 0.1) is 13.2 Å². The standard InChI is InChI=1S/C11H13FO2/c12-10-6-7-14-11(10,8-13)9-4-2-1-3-5-9/h1-5,10,13H,6-8H2/t10-,11+/m0/s1. The van der Waals surface area contributed by atoms with Gasteiger partial charge in [-0.2, -0.15) is 0 Å². The molecule has 0 amide bonds. The molecule has 0 aliphatic carbocycles. The summed E-state index contributed by atoms with van der Waals surface area (Å²) in [6.45, 7) is 0.0643. The summed E-state index contributed by atoms with van der Waals surface area (Å²) >= 11 is 0. The molecule has 0 spiro atoms. The minimum Gasteiger partial charge on any atom is -0.393 e. The monoisotopic (exact) mass is 196 g/mol. The van der Waals surface area contributed by atoms with E-state index in [4.69, 9.17) is 4.74 Å². The second-order valence-electron chi connectivity index (χ2n) is 3.52. The quantitative estimate of drug-likeness (QED) is 0.779. The lowest BCUT2D eigenvalue weighted by Gasteiger charge is -2.28. The van der Waals surface area contributed by atoms with Crippen LogP contribution in [-0.4, -0.2) is 24.5 Å². The van der Waals surface area contributed by atoms with E-state index >= 15 is 0 Å². The van der Waals surface area contributed by atoms with Crippen molar-refractivity contribution in [2.45, 2.75) is 18.2 Å². The first-order valence-electron chi connectivity index (χ1n) is 4.74. The fourth-order valence-corrected chi connectivity index (χ4v) is 1.89. The van der Waals surface area contributed by atoms with Gasteiger partial charge in [-0.25, -0.2) is 4.39 Å². The Kier molecular flexibility index (Phi) is 2.52. The molecule has 0 aromatic heterocycles. The van der Waals surface area contributed by atoms with Gasteiger partial charge in [0.1, 0.15) is 11.8 Å². The number of benzene rings is 1. The van der Waals surface area contributed by atoms with E-state index in [1.54, 1.807) is 12.1 Å². The van der Waals surface area contributed by atoms with Gasteiger partial charge in [-0.3, -0.25) is 0 Å². The summed E-state index contributed by atoms with van der Waals surface area (Å²) in [5.41, 5.74) is -0.408. The minimum atomic E-state index is -1.12. The molecule has 1 fully saturated rings. The molecular weight excluding hydrogens is 183 g/mol. The Morgan fingerprint density at radius 1 is 1.43 bits per heavy atom. The molecule has 1 heterocycles. The van der Waals surface area contributed by atoms with Crippen molar-refractivity contribution in [3.8, 4) is 0 Å². The van der Waals surface area contributed by atoms with Crippen LogP contribution in [0.3, 0.4) is 0 Å².